The van der Waals surface area contributed by atoms with Gasteiger partial charge in [0.05, 0.1) is 5.52 Å². The van der Waals surface area contributed by atoms with Gasteiger partial charge in [-0.1, -0.05) is 30.4 Å². The van der Waals surface area contributed by atoms with Gasteiger partial charge in [0.2, 0.25) is 0 Å². The summed E-state index contributed by atoms with van der Waals surface area (Å²) in [7, 11) is 0. The molecule has 2 heteroatoms. The van der Waals surface area contributed by atoms with Crippen LogP contribution in [0.1, 0.15) is 19.3 Å². The van der Waals surface area contributed by atoms with Crippen molar-refractivity contribution in [1.82, 2.24) is 4.98 Å². The highest BCUT2D eigenvalue weighted by molar-refractivity contribution is 5.80. The summed E-state index contributed by atoms with van der Waals surface area (Å²) in [6.07, 6.45) is 7.99. The van der Waals surface area contributed by atoms with Crippen molar-refractivity contribution in [1.29, 1.82) is 0 Å². The van der Waals surface area contributed by atoms with Gasteiger partial charge in [-0.3, -0.25) is 0 Å². The fourth-order valence-corrected chi connectivity index (χ4v) is 2.28. The molecule has 0 spiro atoms. The first-order chi connectivity index (χ1) is 8.42. The van der Waals surface area contributed by atoms with Gasteiger partial charge in [0.1, 0.15) is 5.82 Å². The molecule has 17 heavy (non-hydrogen) atoms. The van der Waals surface area contributed by atoms with Crippen molar-refractivity contribution in [2.75, 3.05) is 5.32 Å². The van der Waals surface area contributed by atoms with Crippen LogP contribution < -0.4 is 5.32 Å². The molecular formula is C15H16N2. The van der Waals surface area contributed by atoms with Crippen molar-refractivity contribution in [2.45, 2.75) is 25.3 Å². The molecule has 0 fully saturated rings. The lowest BCUT2D eigenvalue weighted by Gasteiger charge is -2.20. The number of rotatable bonds is 2. The molecule has 0 bridgehead atoms. The van der Waals surface area contributed by atoms with E-state index in [1.54, 1.807) is 0 Å². The molecule has 0 radical (unpaired) electrons. The Morgan fingerprint density at radius 1 is 1.06 bits per heavy atom. The minimum Gasteiger partial charge on any atom is -0.367 e. The minimum atomic E-state index is 0.536. The van der Waals surface area contributed by atoms with Crippen LogP contribution in [0.4, 0.5) is 5.82 Å². The van der Waals surface area contributed by atoms with Crippen LogP contribution in [0.3, 0.4) is 0 Å². The van der Waals surface area contributed by atoms with Gasteiger partial charge < -0.3 is 5.32 Å². The Balaban J connectivity index is 1.83. The largest absolute Gasteiger partial charge is 0.367 e. The van der Waals surface area contributed by atoms with Gasteiger partial charge in [-0.25, -0.2) is 4.98 Å². The first-order valence-corrected chi connectivity index (χ1v) is 6.19. The fraction of sp³-hybridized carbons (Fsp3) is 0.267. The van der Waals surface area contributed by atoms with Crippen LogP contribution in [-0.2, 0) is 0 Å². The molecule has 86 valence electrons. The number of nitrogens with zero attached hydrogens (tertiary/aromatic N) is 1. The van der Waals surface area contributed by atoms with E-state index in [1.807, 2.05) is 12.1 Å². The Kier molecular flexibility index (Phi) is 2.78. The second-order valence-corrected chi connectivity index (χ2v) is 4.51. The molecule has 0 saturated heterocycles. The van der Waals surface area contributed by atoms with Crippen LogP contribution in [0.5, 0.6) is 0 Å². The quantitative estimate of drug-likeness (QED) is 0.786. The number of pyridine rings is 1. The predicted octanol–water partition coefficient (Wildman–Crippen LogP) is 3.76. The number of fused-ring (bicyclic) bond motifs is 1. The number of nitrogens with one attached hydrogen (secondary N) is 1. The molecule has 1 aromatic carbocycles. The Bertz CT molecular complexity index is 545. The third-order valence-corrected chi connectivity index (χ3v) is 3.22. The Morgan fingerprint density at radius 3 is 2.88 bits per heavy atom. The van der Waals surface area contributed by atoms with E-state index >= 15 is 0 Å². The lowest BCUT2D eigenvalue weighted by Crippen LogP contribution is -2.20. The van der Waals surface area contributed by atoms with Gasteiger partial charge in [-0.15, -0.1) is 0 Å². The molecule has 0 aliphatic heterocycles. The van der Waals surface area contributed by atoms with Crippen LogP contribution in [0.25, 0.3) is 10.9 Å². The Hall–Kier alpha value is -1.83. The molecule has 1 N–H and O–H groups in total. The van der Waals surface area contributed by atoms with E-state index in [9.17, 15) is 0 Å². The summed E-state index contributed by atoms with van der Waals surface area (Å²) in [6.45, 7) is 0. The zero-order valence-electron chi connectivity index (χ0n) is 9.76. The van der Waals surface area contributed by atoms with E-state index in [4.69, 9.17) is 0 Å². The van der Waals surface area contributed by atoms with Gasteiger partial charge in [0, 0.05) is 11.4 Å². The second-order valence-electron chi connectivity index (χ2n) is 4.51. The maximum absolute atomic E-state index is 4.63. The molecule has 1 heterocycles. The lowest BCUT2D eigenvalue weighted by atomic mass is 10.0. The van der Waals surface area contributed by atoms with Gasteiger partial charge in [0.25, 0.3) is 0 Å². The van der Waals surface area contributed by atoms with E-state index in [2.05, 4.69) is 46.7 Å². The number of aromatic nitrogens is 1. The maximum atomic E-state index is 4.63. The number of anilines is 1. The molecule has 0 amide bonds. The summed E-state index contributed by atoms with van der Waals surface area (Å²) in [4.78, 5) is 4.63. The van der Waals surface area contributed by atoms with Gasteiger partial charge in [-0.2, -0.15) is 0 Å². The highest BCUT2D eigenvalue weighted by Crippen LogP contribution is 2.18. The van der Waals surface area contributed by atoms with Crippen LogP contribution in [0.15, 0.2) is 48.6 Å². The van der Waals surface area contributed by atoms with Crippen LogP contribution >= 0.6 is 0 Å². The third kappa shape index (κ3) is 2.31. The molecular weight excluding hydrogens is 208 g/mol. The molecule has 1 aliphatic rings. The number of benzene rings is 1. The molecule has 1 unspecified atom stereocenters. The average Bonchev–Trinajstić information content (AvgIpc) is 2.40. The van der Waals surface area contributed by atoms with E-state index in [0.717, 1.165) is 17.8 Å². The van der Waals surface area contributed by atoms with Gasteiger partial charge in [-0.05, 0) is 37.5 Å². The molecule has 0 saturated carbocycles. The summed E-state index contributed by atoms with van der Waals surface area (Å²) < 4.78 is 0. The van der Waals surface area contributed by atoms with Crippen molar-refractivity contribution in [2.24, 2.45) is 0 Å². The zero-order chi connectivity index (χ0) is 11.5. The molecule has 2 nitrogen and oxygen atoms in total. The SMILES string of the molecule is C1=CCC(Nc2ccc3ccccc3n2)CC1. The van der Waals surface area contributed by atoms with Crippen LogP contribution in [-0.4, -0.2) is 11.0 Å². The normalized spacial score (nSPS) is 19.4. The van der Waals surface area contributed by atoms with Crippen molar-refractivity contribution < 1.29 is 0 Å². The van der Waals surface area contributed by atoms with Crippen molar-refractivity contribution in [3.05, 3.63) is 48.6 Å². The molecule has 1 atom stereocenters. The monoisotopic (exact) mass is 224 g/mol. The molecule has 1 aromatic heterocycles. The summed E-state index contributed by atoms with van der Waals surface area (Å²) in [6, 6.07) is 13.0. The summed E-state index contributed by atoms with van der Waals surface area (Å²) in [5.74, 6) is 0.990. The first kappa shape index (κ1) is 10.3. The Morgan fingerprint density at radius 2 is 2.00 bits per heavy atom. The van der Waals surface area contributed by atoms with Crippen molar-refractivity contribution in [3.8, 4) is 0 Å². The van der Waals surface area contributed by atoms with Crippen LogP contribution in [0, 0.1) is 0 Å². The smallest absolute Gasteiger partial charge is 0.126 e. The number of hydrogen-bond donors (Lipinski definition) is 1. The summed E-state index contributed by atoms with van der Waals surface area (Å²) >= 11 is 0. The van der Waals surface area contributed by atoms with Crippen molar-refractivity contribution >= 4 is 16.7 Å². The van der Waals surface area contributed by atoms with Gasteiger partial charge >= 0.3 is 0 Å². The van der Waals surface area contributed by atoms with E-state index in [-0.39, 0.29) is 0 Å². The lowest BCUT2D eigenvalue weighted by molar-refractivity contribution is 0.642. The minimum absolute atomic E-state index is 0.536. The zero-order valence-corrected chi connectivity index (χ0v) is 9.76. The van der Waals surface area contributed by atoms with Crippen molar-refractivity contribution in [3.63, 3.8) is 0 Å². The number of para-hydroxylation sites is 1. The number of allylic oxidation sites excluding steroid dienone is 1. The van der Waals surface area contributed by atoms with Crippen LogP contribution in [0.2, 0.25) is 0 Å². The Labute approximate surface area is 101 Å². The maximum Gasteiger partial charge on any atom is 0.126 e. The summed E-state index contributed by atoms with van der Waals surface area (Å²) in [5.41, 5.74) is 1.06. The average molecular weight is 224 g/mol. The second kappa shape index (κ2) is 4.58. The van der Waals surface area contributed by atoms with E-state index in [0.29, 0.717) is 6.04 Å². The van der Waals surface area contributed by atoms with E-state index in [1.165, 1.54) is 18.2 Å². The third-order valence-electron chi connectivity index (χ3n) is 3.22. The molecule has 1 aliphatic carbocycles. The first-order valence-electron chi connectivity index (χ1n) is 6.19. The molecule has 2 aromatic rings. The fourth-order valence-electron chi connectivity index (χ4n) is 2.28. The summed E-state index contributed by atoms with van der Waals surface area (Å²) in [5, 5.41) is 4.71. The molecule has 3 rings (SSSR count). The highest BCUT2D eigenvalue weighted by Gasteiger charge is 2.09. The van der Waals surface area contributed by atoms with E-state index < -0.39 is 0 Å². The topological polar surface area (TPSA) is 24.9 Å². The van der Waals surface area contributed by atoms with Gasteiger partial charge in [0.15, 0.2) is 0 Å². The highest BCUT2D eigenvalue weighted by atomic mass is 15.0. The standard InChI is InChI=1S/C15H16N2/c1-2-7-13(8-3-1)16-15-11-10-12-6-4-5-9-14(12)17-15/h1-2,4-6,9-11,13H,3,7-8H2,(H,16,17). The predicted molar refractivity (Wildman–Crippen MR) is 72.1 cm³/mol. The number of hydrogen-bond acceptors (Lipinski definition) is 2.